The Labute approximate surface area is 243 Å². The molecule has 7 heteroatoms. The van der Waals surface area contributed by atoms with E-state index in [1.54, 1.807) is 6.07 Å². The van der Waals surface area contributed by atoms with Gasteiger partial charge in [-0.25, -0.2) is 4.39 Å². The number of carboxylic acid groups (broad SMARTS) is 1. The van der Waals surface area contributed by atoms with Crippen LogP contribution < -0.4 is 10.1 Å². The average Bonchev–Trinajstić information content (AvgIpc) is 3.40. The Bertz CT molecular complexity index is 1690. The summed E-state index contributed by atoms with van der Waals surface area (Å²) in [7, 11) is 0. The molecule has 0 fully saturated rings. The molecule has 0 unspecified atom stereocenters. The van der Waals surface area contributed by atoms with Crippen molar-refractivity contribution in [3.05, 3.63) is 138 Å². The maximum atomic E-state index is 14.4. The Balaban J connectivity index is 1.37. The number of hydrogen-bond donors (Lipinski definition) is 2. The maximum Gasteiger partial charge on any atom is 0.303 e. The summed E-state index contributed by atoms with van der Waals surface area (Å²) in [5.74, 6) is -2.14. The summed E-state index contributed by atoms with van der Waals surface area (Å²) >= 11 is 0. The van der Waals surface area contributed by atoms with Gasteiger partial charge in [0.1, 0.15) is 0 Å². The second kappa shape index (κ2) is 13.0. The lowest BCUT2D eigenvalue weighted by molar-refractivity contribution is -0.137. The summed E-state index contributed by atoms with van der Waals surface area (Å²) in [6, 6.07) is 33.2. The molecule has 5 rings (SSSR count). The van der Waals surface area contributed by atoms with Crippen LogP contribution in [0.5, 0.6) is 5.75 Å². The fourth-order valence-electron chi connectivity index (χ4n) is 5.02. The van der Waals surface area contributed by atoms with Crippen molar-refractivity contribution in [2.45, 2.75) is 25.8 Å². The smallest absolute Gasteiger partial charge is 0.303 e. The van der Waals surface area contributed by atoms with E-state index in [1.165, 1.54) is 29.3 Å². The number of fused-ring (bicyclic) bond motifs is 1. The highest BCUT2D eigenvalue weighted by molar-refractivity contribution is 6.05. The van der Waals surface area contributed by atoms with E-state index in [4.69, 9.17) is 9.84 Å². The SMILES string of the molecule is CC(=CC(=O)Nc1cccc(F)c1OCCCC(=O)O)c1ccc2c(ccn2C(c2ccccc2)c2ccccc2)c1. The van der Waals surface area contributed by atoms with Gasteiger partial charge in [-0.2, -0.15) is 0 Å². The lowest BCUT2D eigenvalue weighted by Crippen LogP contribution is -2.12. The number of ether oxygens (including phenoxy) is 1. The van der Waals surface area contributed by atoms with Crippen LogP contribution in [0.3, 0.4) is 0 Å². The topological polar surface area (TPSA) is 80.6 Å². The van der Waals surface area contributed by atoms with Crippen molar-refractivity contribution in [3.63, 3.8) is 0 Å². The molecule has 1 aromatic heterocycles. The summed E-state index contributed by atoms with van der Waals surface area (Å²) in [6.07, 6.45) is 3.68. The van der Waals surface area contributed by atoms with Crippen molar-refractivity contribution in [1.29, 1.82) is 0 Å². The van der Waals surface area contributed by atoms with Crippen molar-refractivity contribution in [2.75, 3.05) is 11.9 Å². The van der Waals surface area contributed by atoms with Crippen molar-refractivity contribution < 1.29 is 23.8 Å². The number of carbonyl (C=O) groups is 2. The minimum Gasteiger partial charge on any atom is -0.488 e. The minimum atomic E-state index is -0.955. The van der Waals surface area contributed by atoms with E-state index in [1.807, 2.05) is 49.4 Å². The predicted octanol–water partition coefficient (Wildman–Crippen LogP) is 7.70. The fraction of sp³-hybridized carbons (Fsp3) is 0.143. The third kappa shape index (κ3) is 6.58. The lowest BCUT2D eigenvalue weighted by atomic mass is 9.98. The molecule has 0 radical (unpaired) electrons. The van der Waals surface area contributed by atoms with Crippen LogP contribution in [-0.4, -0.2) is 28.2 Å². The van der Waals surface area contributed by atoms with Gasteiger partial charge >= 0.3 is 5.97 Å². The number of nitrogens with zero attached hydrogens (tertiary/aromatic N) is 1. The zero-order valence-electron chi connectivity index (χ0n) is 23.2. The van der Waals surface area contributed by atoms with Crippen LogP contribution in [0.2, 0.25) is 0 Å². The number of rotatable bonds is 11. The van der Waals surface area contributed by atoms with Crippen molar-refractivity contribution in [2.24, 2.45) is 0 Å². The monoisotopic (exact) mass is 562 g/mol. The largest absolute Gasteiger partial charge is 0.488 e. The Morgan fingerprint density at radius 3 is 2.29 bits per heavy atom. The standard InChI is InChI=1S/C35H31FN2O4/c1-24(22-32(39)37-30-15-8-14-29(36)35(30)42-21-9-16-33(40)41)27-17-18-31-28(23-27)19-20-38(31)34(25-10-4-2-5-11-25)26-12-6-3-7-13-26/h2-8,10-15,17-20,22-23,34H,9,16,21H2,1H3,(H,37,39)(H,40,41). The van der Waals surface area contributed by atoms with Crippen LogP contribution in [0, 0.1) is 5.82 Å². The molecule has 6 nitrogen and oxygen atoms in total. The summed E-state index contributed by atoms with van der Waals surface area (Å²) in [6.45, 7) is 1.86. The molecule has 0 aliphatic rings. The van der Waals surface area contributed by atoms with Crippen molar-refractivity contribution in [3.8, 4) is 5.75 Å². The molecule has 0 spiro atoms. The number of anilines is 1. The molecule has 0 aliphatic carbocycles. The summed E-state index contributed by atoms with van der Waals surface area (Å²) < 4.78 is 22.2. The summed E-state index contributed by atoms with van der Waals surface area (Å²) in [5, 5.41) is 12.5. The second-order valence-corrected chi connectivity index (χ2v) is 10.00. The molecule has 0 saturated carbocycles. The number of benzene rings is 4. The van der Waals surface area contributed by atoms with Gasteiger partial charge in [0.25, 0.3) is 0 Å². The Morgan fingerprint density at radius 1 is 0.929 bits per heavy atom. The van der Waals surface area contributed by atoms with Crippen molar-refractivity contribution >= 4 is 34.0 Å². The molecule has 1 amide bonds. The lowest BCUT2D eigenvalue weighted by Gasteiger charge is -2.21. The number of amides is 1. The molecule has 4 aromatic carbocycles. The first-order valence-corrected chi connectivity index (χ1v) is 13.7. The first-order valence-electron chi connectivity index (χ1n) is 13.7. The Hall–Kier alpha value is -5.17. The molecule has 0 saturated heterocycles. The first kappa shape index (κ1) is 28.4. The van der Waals surface area contributed by atoms with E-state index in [2.05, 4.69) is 58.5 Å². The average molecular weight is 563 g/mol. The number of hydrogen-bond acceptors (Lipinski definition) is 3. The maximum absolute atomic E-state index is 14.4. The molecule has 5 aromatic rings. The molecular formula is C35H31FN2O4. The van der Waals surface area contributed by atoms with Crippen LogP contribution in [0.4, 0.5) is 10.1 Å². The first-order chi connectivity index (χ1) is 20.4. The van der Waals surface area contributed by atoms with Crippen LogP contribution >= 0.6 is 0 Å². The zero-order valence-corrected chi connectivity index (χ0v) is 23.2. The number of allylic oxidation sites excluding steroid dienone is 1. The van der Waals surface area contributed by atoms with Crippen LogP contribution in [0.25, 0.3) is 16.5 Å². The molecule has 212 valence electrons. The molecule has 2 N–H and O–H groups in total. The highest BCUT2D eigenvalue weighted by Gasteiger charge is 2.18. The molecular weight excluding hydrogens is 531 g/mol. The molecule has 1 heterocycles. The highest BCUT2D eigenvalue weighted by Crippen LogP contribution is 2.32. The predicted molar refractivity (Wildman–Crippen MR) is 163 cm³/mol. The van der Waals surface area contributed by atoms with E-state index in [-0.39, 0.29) is 36.9 Å². The van der Waals surface area contributed by atoms with Gasteiger partial charge in [-0.15, -0.1) is 0 Å². The third-order valence-corrected chi connectivity index (χ3v) is 7.04. The fourth-order valence-corrected chi connectivity index (χ4v) is 5.02. The summed E-state index contributed by atoms with van der Waals surface area (Å²) in [5.41, 5.74) is 5.24. The number of aliphatic carboxylic acids is 1. The van der Waals surface area contributed by atoms with Gasteiger partial charge in [0.2, 0.25) is 5.91 Å². The second-order valence-electron chi connectivity index (χ2n) is 10.00. The van der Waals surface area contributed by atoms with Gasteiger partial charge in [0, 0.05) is 29.6 Å². The minimum absolute atomic E-state index is 0.00461. The normalized spacial score (nSPS) is 11.5. The van der Waals surface area contributed by atoms with E-state index in [9.17, 15) is 14.0 Å². The number of aromatic nitrogens is 1. The van der Waals surface area contributed by atoms with Gasteiger partial charge in [0.15, 0.2) is 11.6 Å². The quantitative estimate of drug-likeness (QED) is 0.128. The number of halogens is 1. The molecule has 0 atom stereocenters. The van der Waals surface area contributed by atoms with Gasteiger partial charge in [0.05, 0.1) is 18.3 Å². The number of nitrogens with one attached hydrogen (secondary N) is 1. The van der Waals surface area contributed by atoms with E-state index in [0.717, 1.165) is 22.0 Å². The third-order valence-electron chi connectivity index (χ3n) is 7.04. The van der Waals surface area contributed by atoms with Crippen LogP contribution in [-0.2, 0) is 9.59 Å². The molecule has 0 aliphatic heterocycles. The van der Waals surface area contributed by atoms with E-state index in [0.29, 0.717) is 0 Å². The number of carbonyl (C=O) groups excluding carboxylic acids is 1. The molecule has 0 bridgehead atoms. The molecule has 42 heavy (non-hydrogen) atoms. The Morgan fingerprint density at radius 2 is 1.62 bits per heavy atom. The zero-order chi connectivity index (χ0) is 29.5. The van der Waals surface area contributed by atoms with Gasteiger partial charge < -0.3 is 19.7 Å². The van der Waals surface area contributed by atoms with Gasteiger partial charge in [-0.05, 0) is 65.9 Å². The highest BCUT2D eigenvalue weighted by atomic mass is 19.1. The summed E-state index contributed by atoms with van der Waals surface area (Å²) in [4.78, 5) is 23.6. The number of carboxylic acids is 1. The van der Waals surface area contributed by atoms with Gasteiger partial charge in [-0.1, -0.05) is 72.8 Å². The van der Waals surface area contributed by atoms with E-state index >= 15 is 0 Å². The van der Waals surface area contributed by atoms with Crippen LogP contribution in [0.1, 0.15) is 42.5 Å². The van der Waals surface area contributed by atoms with Crippen molar-refractivity contribution in [1.82, 2.24) is 4.57 Å². The van der Waals surface area contributed by atoms with Crippen LogP contribution in [0.15, 0.2) is 115 Å². The number of para-hydroxylation sites is 1. The van der Waals surface area contributed by atoms with E-state index < -0.39 is 17.7 Å². The Kier molecular flexibility index (Phi) is 8.78. The van der Waals surface area contributed by atoms with Gasteiger partial charge in [-0.3, -0.25) is 9.59 Å².